The summed E-state index contributed by atoms with van der Waals surface area (Å²) in [6.07, 6.45) is 3.16. The minimum atomic E-state index is 0.823. The van der Waals surface area contributed by atoms with Gasteiger partial charge in [-0.25, -0.2) is 0 Å². The zero-order valence-corrected chi connectivity index (χ0v) is 11.8. The lowest BCUT2D eigenvalue weighted by atomic mass is 10.1. The van der Waals surface area contributed by atoms with E-state index in [2.05, 4.69) is 39.6 Å². The molecule has 1 N–H and O–H groups in total. The topological polar surface area (TPSA) is 21.3 Å². The Bertz CT molecular complexity index is 370. The molecule has 0 spiro atoms. The number of halogens is 1. The van der Waals surface area contributed by atoms with Gasteiger partial charge in [0.25, 0.3) is 0 Å². The molecule has 1 aromatic rings. The van der Waals surface area contributed by atoms with Gasteiger partial charge in [-0.05, 0) is 24.0 Å². The highest BCUT2D eigenvalue weighted by molar-refractivity contribution is 9.10. The van der Waals surface area contributed by atoms with Crippen molar-refractivity contribution in [3.63, 3.8) is 0 Å². The van der Waals surface area contributed by atoms with Gasteiger partial charge in [-0.3, -0.25) is 0 Å². The third-order valence-corrected chi connectivity index (χ3v) is 3.69. The van der Waals surface area contributed by atoms with Crippen LogP contribution >= 0.6 is 27.7 Å². The Morgan fingerprint density at radius 3 is 3.19 bits per heavy atom. The molecule has 0 atom stereocenters. The first-order valence-corrected chi connectivity index (χ1v) is 7.63. The van der Waals surface area contributed by atoms with Gasteiger partial charge in [0.2, 0.25) is 0 Å². The van der Waals surface area contributed by atoms with Crippen LogP contribution in [-0.2, 0) is 13.0 Å². The van der Waals surface area contributed by atoms with Crippen molar-refractivity contribution in [2.24, 2.45) is 0 Å². The summed E-state index contributed by atoms with van der Waals surface area (Å²) in [5.41, 5.74) is 2.60. The number of rotatable bonds is 5. The molecule has 0 saturated carbocycles. The molecular weight excluding hydrogens is 286 g/mol. The lowest BCUT2D eigenvalue weighted by Gasteiger charge is -2.10. The van der Waals surface area contributed by atoms with Gasteiger partial charge in [-0.1, -0.05) is 15.9 Å². The molecule has 0 saturated heterocycles. The Morgan fingerprint density at radius 1 is 1.50 bits per heavy atom. The number of fused-ring (bicyclic) bond motifs is 1. The lowest BCUT2D eigenvalue weighted by Crippen LogP contribution is -2.16. The molecule has 0 unspecified atom stereocenters. The Morgan fingerprint density at radius 2 is 2.38 bits per heavy atom. The van der Waals surface area contributed by atoms with Crippen molar-refractivity contribution in [2.45, 2.75) is 13.0 Å². The lowest BCUT2D eigenvalue weighted by molar-refractivity contribution is 0.352. The molecule has 16 heavy (non-hydrogen) atoms. The monoisotopic (exact) mass is 301 g/mol. The summed E-state index contributed by atoms with van der Waals surface area (Å²) in [5.74, 6) is 2.25. The Hall–Kier alpha value is -0.190. The first kappa shape index (κ1) is 12.3. The van der Waals surface area contributed by atoms with Gasteiger partial charge in [-0.15, -0.1) is 0 Å². The highest BCUT2D eigenvalue weighted by atomic mass is 79.9. The van der Waals surface area contributed by atoms with E-state index in [4.69, 9.17) is 4.74 Å². The SMILES string of the molecule is CSCCNCc1cc(Br)cc2c1OCC2. The van der Waals surface area contributed by atoms with Crippen LogP contribution in [0.2, 0.25) is 0 Å². The second-order valence-corrected chi connectivity index (χ2v) is 5.72. The minimum absolute atomic E-state index is 0.823. The molecule has 1 aromatic carbocycles. The van der Waals surface area contributed by atoms with E-state index >= 15 is 0 Å². The smallest absolute Gasteiger partial charge is 0.127 e. The normalized spacial score (nSPS) is 13.6. The van der Waals surface area contributed by atoms with Crippen LogP contribution in [0.4, 0.5) is 0 Å². The molecule has 0 fully saturated rings. The van der Waals surface area contributed by atoms with Gasteiger partial charge >= 0.3 is 0 Å². The highest BCUT2D eigenvalue weighted by Crippen LogP contribution is 2.32. The van der Waals surface area contributed by atoms with Crippen LogP contribution in [0.3, 0.4) is 0 Å². The van der Waals surface area contributed by atoms with Crippen molar-refractivity contribution in [1.29, 1.82) is 0 Å². The molecule has 1 aliphatic heterocycles. The number of benzene rings is 1. The van der Waals surface area contributed by atoms with Crippen LogP contribution in [0.1, 0.15) is 11.1 Å². The maximum Gasteiger partial charge on any atom is 0.127 e. The molecular formula is C12H16BrNOS. The molecule has 4 heteroatoms. The minimum Gasteiger partial charge on any atom is -0.493 e. The Labute approximate surface area is 109 Å². The molecule has 0 bridgehead atoms. The second-order valence-electron chi connectivity index (χ2n) is 3.82. The predicted octanol–water partition coefficient (Wildman–Crippen LogP) is 2.84. The van der Waals surface area contributed by atoms with Gasteiger partial charge in [0.1, 0.15) is 5.75 Å². The van der Waals surface area contributed by atoms with Crippen molar-refractivity contribution in [3.8, 4) is 5.75 Å². The van der Waals surface area contributed by atoms with Crippen LogP contribution in [-0.4, -0.2) is 25.2 Å². The maximum atomic E-state index is 5.68. The van der Waals surface area contributed by atoms with E-state index in [0.717, 1.165) is 42.1 Å². The van der Waals surface area contributed by atoms with Crippen LogP contribution in [0.5, 0.6) is 5.75 Å². The number of hydrogen-bond acceptors (Lipinski definition) is 3. The molecule has 88 valence electrons. The summed E-state index contributed by atoms with van der Waals surface area (Å²) >= 11 is 5.41. The van der Waals surface area contributed by atoms with E-state index in [1.165, 1.54) is 11.1 Å². The van der Waals surface area contributed by atoms with Crippen molar-refractivity contribution in [1.82, 2.24) is 5.32 Å². The molecule has 0 aromatic heterocycles. The quantitative estimate of drug-likeness (QED) is 0.845. The fourth-order valence-corrected chi connectivity index (χ4v) is 2.78. The molecule has 2 nitrogen and oxygen atoms in total. The Balaban J connectivity index is 2.03. The van der Waals surface area contributed by atoms with Crippen LogP contribution in [0.25, 0.3) is 0 Å². The summed E-state index contributed by atoms with van der Waals surface area (Å²) in [6.45, 7) is 2.76. The van der Waals surface area contributed by atoms with E-state index in [1.807, 2.05) is 11.8 Å². The second kappa shape index (κ2) is 5.94. The number of nitrogens with one attached hydrogen (secondary N) is 1. The summed E-state index contributed by atoms with van der Waals surface area (Å²) in [4.78, 5) is 0. The van der Waals surface area contributed by atoms with E-state index < -0.39 is 0 Å². The number of hydrogen-bond donors (Lipinski definition) is 1. The largest absolute Gasteiger partial charge is 0.493 e. The van der Waals surface area contributed by atoms with Crippen LogP contribution in [0, 0.1) is 0 Å². The number of ether oxygens (including phenoxy) is 1. The molecule has 1 aliphatic rings. The zero-order chi connectivity index (χ0) is 11.4. The average Bonchev–Trinajstić information content (AvgIpc) is 2.72. The maximum absolute atomic E-state index is 5.68. The zero-order valence-electron chi connectivity index (χ0n) is 9.38. The fraction of sp³-hybridized carbons (Fsp3) is 0.500. The van der Waals surface area contributed by atoms with E-state index in [9.17, 15) is 0 Å². The van der Waals surface area contributed by atoms with Gasteiger partial charge in [0.05, 0.1) is 6.61 Å². The van der Waals surface area contributed by atoms with Gasteiger partial charge in [-0.2, -0.15) is 11.8 Å². The summed E-state index contributed by atoms with van der Waals surface area (Å²) in [6, 6.07) is 4.31. The van der Waals surface area contributed by atoms with Crippen molar-refractivity contribution in [2.75, 3.05) is 25.2 Å². The molecule has 0 radical (unpaired) electrons. The van der Waals surface area contributed by atoms with E-state index in [0.29, 0.717) is 0 Å². The van der Waals surface area contributed by atoms with Crippen LogP contribution < -0.4 is 10.1 Å². The van der Waals surface area contributed by atoms with E-state index in [1.54, 1.807) is 0 Å². The highest BCUT2D eigenvalue weighted by Gasteiger charge is 2.16. The number of thioether (sulfide) groups is 1. The first-order chi connectivity index (χ1) is 7.81. The Kier molecular flexibility index (Phi) is 4.55. The van der Waals surface area contributed by atoms with Gasteiger partial charge in [0.15, 0.2) is 0 Å². The third-order valence-electron chi connectivity index (χ3n) is 2.62. The van der Waals surface area contributed by atoms with Crippen molar-refractivity contribution in [3.05, 3.63) is 27.7 Å². The van der Waals surface area contributed by atoms with Crippen molar-refractivity contribution < 1.29 is 4.74 Å². The first-order valence-electron chi connectivity index (χ1n) is 5.45. The van der Waals surface area contributed by atoms with Gasteiger partial charge < -0.3 is 10.1 Å². The average molecular weight is 302 g/mol. The summed E-state index contributed by atoms with van der Waals surface area (Å²) in [7, 11) is 0. The third kappa shape index (κ3) is 2.93. The molecule has 2 rings (SSSR count). The van der Waals surface area contributed by atoms with E-state index in [-0.39, 0.29) is 0 Å². The molecule has 0 aliphatic carbocycles. The standard InChI is InChI=1S/C12H16BrNOS/c1-16-5-3-14-8-10-7-11(13)6-9-2-4-15-12(9)10/h6-7,14H,2-5,8H2,1H3. The molecule has 1 heterocycles. The summed E-state index contributed by atoms with van der Waals surface area (Å²) in [5, 5.41) is 3.44. The molecule has 0 amide bonds. The fourth-order valence-electron chi connectivity index (χ4n) is 1.87. The van der Waals surface area contributed by atoms with Gasteiger partial charge in [0, 0.05) is 35.3 Å². The summed E-state index contributed by atoms with van der Waals surface area (Å²) < 4.78 is 6.83. The predicted molar refractivity (Wildman–Crippen MR) is 73.4 cm³/mol. The van der Waals surface area contributed by atoms with Crippen LogP contribution in [0.15, 0.2) is 16.6 Å². The van der Waals surface area contributed by atoms with Crippen molar-refractivity contribution >= 4 is 27.7 Å².